The van der Waals surface area contributed by atoms with Gasteiger partial charge in [0.25, 0.3) is 0 Å². The van der Waals surface area contributed by atoms with Gasteiger partial charge in [-0.25, -0.2) is 0 Å². The number of ether oxygens (including phenoxy) is 2. The second-order valence-electron chi connectivity index (χ2n) is 22.1. The van der Waals surface area contributed by atoms with Crippen molar-refractivity contribution < 1.29 is 33.7 Å². The third-order valence-corrected chi connectivity index (χ3v) is 21.8. The number of hydrogen-bond acceptors (Lipinski definition) is 9. The fraction of sp³-hybridized carbons (Fsp3) is 0.475. The number of carbonyl (C=O) groups excluding carboxylic acids is 2. The molecule has 9 nitrogen and oxygen atoms in total. The maximum absolute atomic E-state index is 13.4. The minimum Gasteiger partial charge on any atom is -0.412 e. The number of likely N-dealkylation sites (tertiary alicyclic amines) is 2. The highest BCUT2D eigenvalue weighted by Crippen LogP contribution is 2.60. The Morgan fingerprint density at radius 2 is 1.07 bits per heavy atom. The summed E-state index contributed by atoms with van der Waals surface area (Å²) in [5, 5.41) is 23.6. The molecule has 5 aliphatic rings. The van der Waals surface area contributed by atoms with E-state index in [1.54, 1.807) is 0 Å². The lowest BCUT2D eigenvalue weighted by molar-refractivity contribution is -0.275. The SMILES string of the molecule is CC[Si](CC)(CC)OC1C2(C=O)CN(Cc3ccccc3)CC1(Cc1ccccc1)CC1(C2)OCCO1.O=C1CC2(Cc3ccccc3)CN(Cc3ccccc3)CC([C@@H](O)Cc3ccccc3)(C1)C2O.S. The molecule has 2 aliphatic carbocycles. The van der Waals surface area contributed by atoms with Crippen LogP contribution in [-0.4, -0.2) is 104 Å². The molecule has 0 radical (unpaired) electrons. The first-order valence-electron chi connectivity index (χ1n) is 26.4. The second kappa shape index (κ2) is 23.1. The van der Waals surface area contributed by atoms with Gasteiger partial charge in [-0.1, -0.05) is 172 Å². The van der Waals surface area contributed by atoms with Crippen LogP contribution >= 0.6 is 13.5 Å². The first-order chi connectivity index (χ1) is 34.4. The maximum atomic E-state index is 13.4. The van der Waals surface area contributed by atoms with Gasteiger partial charge < -0.3 is 28.9 Å². The molecule has 4 bridgehead atoms. The van der Waals surface area contributed by atoms with Gasteiger partial charge in [0.15, 0.2) is 14.1 Å². The van der Waals surface area contributed by atoms with Crippen LogP contribution in [0.5, 0.6) is 0 Å². The van der Waals surface area contributed by atoms with Gasteiger partial charge in [0.1, 0.15) is 12.1 Å². The van der Waals surface area contributed by atoms with E-state index >= 15 is 0 Å². The number of aliphatic hydroxyl groups excluding tert-OH is 2. The molecule has 5 aromatic rings. The van der Waals surface area contributed by atoms with E-state index in [1.807, 2.05) is 66.7 Å². The number of Topliss-reactive ketones (excluding diaryl/α,β-unsaturated/α-hetero) is 1. The smallest absolute Gasteiger partial charge is 0.192 e. The molecule has 5 fully saturated rings. The summed E-state index contributed by atoms with van der Waals surface area (Å²) in [4.78, 5) is 31.4. The van der Waals surface area contributed by atoms with Gasteiger partial charge in [0.2, 0.25) is 0 Å². The molecule has 10 rings (SSSR count). The Bertz CT molecular complexity index is 2490. The topological polar surface area (TPSA) is 109 Å². The monoisotopic (exact) mass is 1010 g/mol. The molecule has 0 aromatic heterocycles. The Kier molecular flexibility index (Phi) is 17.3. The van der Waals surface area contributed by atoms with Crippen LogP contribution in [0.2, 0.25) is 18.1 Å². The molecule has 2 N–H and O–H groups in total. The Morgan fingerprint density at radius 1 is 0.625 bits per heavy atom. The van der Waals surface area contributed by atoms with Crippen molar-refractivity contribution in [1.29, 1.82) is 0 Å². The van der Waals surface area contributed by atoms with Crippen LogP contribution in [0.3, 0.4) is 0 Å². The zero-order valence-electron chi connectivity index (χ0n) is 42.8. The quantitative estimate of drug-likeness (QED) is 0.0696. The van der Waals surface area contributed by atoms with E-state index in [-0.39, 0.29) is 37.2 Å². The molecular formula is C61H78N2O7SSi. The second-order valence-corrected chi connectivity index (χ2v) is 26.8. The third-order valence-electron chi connectivity index (χ3n) is 17.2. The Hall–Kier alpha value is -4.27. The van der Waals surface area contributed by atoms with E-state index in [0.29, 0.717) is 58.5 Å². The summed E-state index contributed by atoms with van der Waals surface area (Å²) >= 11 is 0. The van der Waals surface area contributed by atoms with E-state index < -0.39 is 42.6 Å². The van der Waals surface area contributed by atoms with E-state index in [2.05, 4.69) is 116 Å². The minimum absolute atomic E-state index is 0. The zero-order valence-corrected chi connectivity index (χ0v) is 44.8. The summed E-state index contributed by atoms with van der Waals surface area (Å²) in [6, 6.07) is 54.9. The van der Waals surface area contributed by atoms with Crippen molar-refractivity contribution in [2.75, 3.05) is 39.4 Å². The standard InChI is InChI=1S/C31H43NO4Si.C30H33NO3.H2S/c1-4-37(5-2,6-3)36-28-29(19-26-13-9-7-10-14-26)21-31(34-17-18-35-31)22-30(28,25-33)24-32(23-29)20-27-15-11-8-12-16-27;32-26-18-29(17-24-12-6-2-7-13-24)21-31(20-25-14-8-3-9-15-25)22-30(19-26,28(29)34)27(33)16-23-10-4-1-5-11-23;/h7-16,25,28H,4-6,17-24H2,1-3H3;1-15,27-28,33-34H,16-22H2;1H2/t;27-,28?,29?,30?;/m.0./s1. The molecule has 384 valence electrons. The summed E-state index contributed by atoms with van der Waals surface area (Å²) in [5.74, 6) is -0.559. The Morgan fingerprint density at radius 3 is 1.56 bits per heavy atom. The first-order valence-corrected chi connectivity index (χ1v) is 28.9. The van der Waals surface area contributed by atoms with Crippen LogP contribution in [0.1, 0.15) is 74.3 Å². The van der Waals surface area contributed by atoms with Crippen LogP contribution < -0.4 is 0 Å². The van der Waals surface area contributed by atoms with Gasteiger partial charge in [-0.05, 0) is 65.2 Å². The average molecular weight is 1010 g/mol. The van der Waals surface area contributed by atoms with E-state index in [0.717, 1.165) is 61.7 Å². The molecule has 1 spiro atoms. The van der Waals surface area contributed by atoms with Crippen molar-refractivity contribution in [3.05, 3.63) is 179 Å². The number of aliphatic hydroxyl groups is 2. The molecule has 5 aromatic carbocycles. The van der Waals surface area contributed by atoms with Crippen molar-refractivity contribution in [3.8, 4) is 0 Å². The Balaban J connectivity index is 0.000000191. The summed E-state index contributed by atoms with van der Waals surface area (Å²) in [5.41, 5.74) is 3.40. The van der Waals surface area contributed by atoms with Gasteiger partial charge in [-0.2, -0.15) is 13.5 Å². The highest BCUT2D eigenvalue weighted by atomic mass is 32.1. The van der Waals surface area contributed by atoms with Gasteiger partial charge in [0, 0.05) is 81.2 Å². The lowest BCUT2D eigenvalue weighted by atomic mass is 9.52. The first kappa shape index (κ1) is 54.0. The number of hydrogen-bond donors (Lipinski definition) is 2. The van der Waals surface area contributed by atoms with Gasteiger partial charge in [0.05, 0.1) is 36.9 Å². The molecule has 3 saturated heterocycles. The number of carbonyl (C=O) groups is 2. The molecule has 2 saturated carbocycles. The number of benzene rings is 5. The van der Waals surface area contributed by atoms with Crippen molar-refractivity contribution in [3.63, 3.8) is 0 Å². The Labute approximate surface area is 436 Å². The highest BCUT2D eigenvalue weighted by molar-refractivity contribution is 7.59. The number of fused-ring (bicyclic) bond motifs is 4. The lowest BCUT2D eigenvalue weighted by Crippen LogP contribution is -2.72. The van der Waals surface area contributed by atoms with Crippen LogP contribution in [0.25, 0.3) is 0 Å². The lowest BCUT2D eigenvalue weighted by Gasteiger charge is -2.64. The predicted molar refractivity (Wildman–Crippen MR) is 292 cm³/mol. The molecule has 0 amide bonds. The molecule has 3 heterocycles. The maximum Gasteiger partial charge on any atom is 0.192 e. The fourth-order valence-electron chi connectivity index (χ4n) is 14.0. The van der Waals surface area contributed by atoms with Crippen LogP contribution in [0.4, 0.5) is 0 Å². The number of ketones is 1. The largest absolute Gasteiger partial charge is 0.412 e. The molecule has 11 heteroatoms. The van der Waals surface area contributed by atoms with Crippen molar-refractivity contribution in [1.82, 2.24) is 9.80 Å². The van der Waals surface area contributed by atoms with Crippen LogP contribution in [0, 0.1) is 21.7 Å². The summed E-state index contributed by atoms with van der Waals surface area (Å²) < 4.78 is 20.2. The predicted octanol–water partition coefficient (Wildman–Crippen LogP) is 10.0. The fourth-order valence-corrected chi connectivity index (χ4v) is 17.0. The summed E-state index contributed by atoms with van der Waals surface area (Å²) in [6.45, 7) is 12.2. The molecular weight excluding hydrogens is 933 g/mol. The zero-order chi connectivity index (χ0) is 49.6. The van der Waals surface area contributed by atoms with Crippen LogP contribution in [-0.2, 0) is 55.8 Å². The molecule has 6 unspecified atom stereocenters. The number of piperidine rings is 2. The minimum atomic E-state index is -2.00. The molecule has 3 aliphatic heterocycles. The average Bonchev–Trinajstić information content (AvgIpc) is 3.83. The normalized spacial score (nSPS) is 28.3. The van der Waals surface area contributed by atoms with E-state index in [4.69, 9.17) is 13.9 Å². The van der Waals surface area contributed by atoms with Crippen molar-refractivity contribution >= 4 is 33.9 Å². The van der Waals surface area contributed by atoms with E-state index in [9.17, 15) is 19.8 Å². The summed E-state index contributed by atoms with van der Waals surface area (Å²) in [6.07, 6.45) is 3.26. The number of rotatable bonds is 17. The van der Waals surface area contributed by atoms with Crippen molar-refractivity contribution in [2.45, 2.75) is 121 Å². The van der Waals surface area contributed by atoms with Gasteiger partial charge in [-0.15, -0.1) is 0 Å². The highest BCUT2D eigenvalue weighted by Gasteiger charge is 2.68. The third kappa shape index (κ3) is 11.4. The number of nitrogens with zero attached hydrogens (tertiary/aromatic N) is 2. The molecule has 7 atom stereocenters. The van der Waals surface area contributed by atoms with Gasteiger partial charge >= 0.3 is 0 Å². The van der Waals surface area contributed by atoms with Crippen LogP contribution in [0.15, 0.2) is 152 Å². The number of aldehydes is 1. The van der Waals surface area contributed by atoms with E-state index in [1.165, 1.54) is 23.0 Å². The summed E-state index contributed by atoms with van der Waals surface area (Å²) in [7, 11) is -2.00. The molecule has 72 heavy (non-hydrogen) atoms. The van der Waals surface area contributed by atoms with Gasteiger partial charge in [-0.3, -0.25) is 14.6 Å². The van der Waals surface area contributed by atoms with Crippen molar-refractivity contribution in [2.24, 2.45) is 21.7 Å².